The second-order valence-corrected chi connectivity index (χ2v) is 9.99. The molecule has 5 heteroatoms. The number of fused-ring (bicyclic) bond motifs is 1. The second kappa shape index (κ2) is 7.38. The summed E-state index contributed by atoms with van der Waals surface area (Å²) >= 11 is 0. The third-order valence-corrected chi connectivity index (χ3v) is 7.06. The summed E-state index contributed by atoms with van der Waals surface area (Å²) in [4.78, 5) is 2.82. The van der Waals surface area contributed by atoms with E-state index in [-0.39, 0.29) is 6.10 Å². The normalized spacial score (nSPS) is 23.8. The molecule has 0 spiro atoms. The van der Waals surface area contributed by atoms with Crippen molar-refractivity contribution in [2.24, 2.45) is 0 Å². The number of piperidine rings is 1. The van der Waals surface area contributed by atoms with Gasteiger partial charge in [-0.25, -0.2) is 8.42 Å². The average Bonchev–Trinajstić information content (AvgIpc) is 2.66. The minimum absolute atomic E-state index is 0.176. The molecule has 0 saturated carbocycles. The van der Waals surface area contributed by atoms with Crippen LogP contribution in [0.15, 0.2) is 47.4 Å². The van der Waals surface area contributed by atoms with Crippen molar-refractivity contribution in [2.75, 3.05) is 19.3 Å². The van der Waals surface area contributed by atoms with Crippen molar-refractivity contribution < 1.29 is 13.5 Å². The molecule has 27 heavy (non-hydrogen) atoms. The zero-order valence-electron chi connectivity index (χ0n) is 15.8. The van der Waals surface area contributed by atoms with Crippen LogP contribution in [0.1, 0.15) is 30.4 Å². The first-order valence-corrected chi connectivity index (χ1v) is 11.6. The first-order chi connectivity index (χ1) is 12.9. The highest BCUT2D eigenvalue weighted by Gasteiger charge is 2.28. The van der Waals surface area contributed by atoms with E-state index >= 15 is 0 Å². The lowest BCUT2D eigenvalue weighted by Gasteiger charge is -2.39. The van der Waals surface area contributed by atoms with Gasteiger partial charge in [0.1, 0.15) is 0 Å². The van der Waals surface area contributed by atoms with Crippen LogP contribution in [-0.4, -0.2) is 49.9 Å². The zero-order chi connectivity index (χ0) is 19.0. The highest BCUT2D eigenvalue weighted by atomic mass is 32.2. The van der Waals surface area contributed by atoms with Crippen molar-refractivity contribution in [1.29, 1.82) is 0 Å². The van der Waals surface area contributed by atoms with Crippen LogP contribution in [0.4, 0.5) is 0 Å². The van der Waals surface area contributed by atoms with Gasteiger partial charge in [-0.05, 0) is 73.0 Å². The maximum Gasteiger partial charge on any atom is 0.175 e. The molecule has 1 aliphatic carbocycles. The van der Waals surface area contributed by atoms with Crippen molar-refractivity contribution in [3.63, 3.8) is 0 Å². The van der Waals surface area contributed by atoms with Gasteiger partial charge in [0.05, 0.1) is 11.0 Å². The predicted octanol–water partition coefficient (Wildman–Crippen LogP) is 3.07. The molecule has 0 amide bonds. The summed E-state index contributed by atoms with van der Waals surface area (Å²) in [6.07, 6.45) is 6.27. The van der Waals surface area contributed by atoms with Gasteiger partial charge in [-0.2, -0.15) is 0 Å². The molecule has 2 aromatic rings. The molecule has 2 aromatic carbocycles. The van der Waals surface area contributed by atoms with E-state index in [9.17, 15) is 13.5 Å². The Balaban J connectivity index is 1.56. The Morgan fingerprint density at radius 2 is 1.85 bits per heavy atom. The number of benzene rings is 2. The number of aryl methyl sites for hydroxylation is 1. The van der Waals surface area contributed by atoms with Gasteiger partial charge in [0.2, 0.25) is 0 Å². The Morgan fingerprint density at radius 1 is 1.04 bits per heavy atom. The molecule has 2 aliphatic rings. The third kappa shape index (κ3) is 4.10. The highest BCUT2D eigenvalue weighted by molar-refractivity contribution is 7.90. The van der Waals surface area contributed by atoms with Gasteiger partial charge in [-0.1, -0.05) is 30.3 Å². The van der Waals surface area contributed by atoms with Crippen molar-refractivity contribution in [3.8, 4) is 11.1 Å². The lowest BCUT2D eigenvalue weighted by Crippen LogP contribution is -2.46. The second-order valence-electron chi connectivity index (χ2n) is 7.97. The fourth-order valence-electron chi connectivity index (χ4n) is 4.45. The quantitative estimate of drug-likeness (QED) is 0.882. The van der Waals surface area contributed by atoms with E-state index in [0.29, 0.717) is 10.9 Å². The van der Waals surface area contributed by atoms with Gasteiger partial charge in [0.25, 0.3) is 0 Å². The molecule has 0 radical (unpaired) electrons. The first-order valence-electron chi connectivity index (χ1n) is 9.74. The molecule has 0 aromatic heterocycles. The average molecular weight is 386 g/mol. The van der Waals surface area contributed by atoms with Crippen molar-refractivity contribution in [2.45, 2.75) is 49.1 Å². The van der Waals surface area contributed by atoms with E-state index in [2.05, 4.69) is 23.1 Å². The monoisotopic (exact) mass is 385 g/mol. The van der Waals surface area contributed by atoms with E-state index in [4.69, 9.17) is 0 Å². The highest BCUT2D eigenvalue weighted by Crippen LogP contribution is 2.31. The van der Waals surface area contributed by atoms with Gasteiger partial charge in [-0.3, -0.25) is 4.90 Å². The van der Waals surface area contributed by atoms with Gasteiger partial charge < -0.3 is 5.11 Å². The van der Waals surface area contributed by atoms with E-state index < -0.39 is 9.84 Å². The fourth-order valence-corrected chi connectivity index (χ4v) is 5.12. The molecular formula is C22H27NO3S. The predicted molar refractivity (Wildman–Crippen MR) is 108 cm³/mol. The summed E-state index contributed by atoms with van der Waals surface area (Å²) < 4.78 is 23.7. The molecule has 1 fully saturated rings. The lowest BCUT2D eigenvalue weighted by atomic mass is 9.85. The first kappa shape index (κ1) is 18.7. The van der Waals surface area contributed by atoms with Crippen LogP contribution in [-0.2, 0) is 22.7 Å². The van der Waals surface area contributed by atoms with Gasteiger partial charge in [0.15, 0.2) is 9.84 Å². The molecule has 144 valence electrons. The van der Waals surface area contributed by atoms with Crippen molar-refractivity contribution in [3.05, 3.63) is 53.6 Å². The summed E-state index contributed by atoms with van der Waals surface area (Å²) in [6.45, 7) is 1.89. The molecule has 2 unspecified atom stereocenters. The number of likely N-dealkylation sites (tertiary alicyclic amines) is 1. The minimum Gasteiger partial charge on any atom is -0.392 e. The maximum absolute atomic E-state index is 11.8. The van der Waals surface area contributed by atoms with Crippen LogP contribution in [0.2, 0.25) is 0 Å². The van der Waals surface area contributed by atoms with Crippen LogP contribution in [0.3, 0.4) is 0 Å². The Kier molecular flexibility index (Phi) is 5.10. The molecule has 1 aliphatic heterocycles. The molecular weight excluding hydrogens is 358 g/mol. The van der Waals surface area contributed by atoms with E-state index in [1.807, 2.05) is 12.1 Å². The van der Waals surface area contributed by atoms with E-state index in [1.54, 1.807) is 12.1 Å². The van der Waals surface area contributed by atoms with Gasteiger partial charge >= 0.3 is 0 Å². The van der Waals surface area contributed by atoms with Crippen LogP contribution >= 0.6 is 0 Å². The van der Waals surface area contributed by atoms with Crippen molar-refractivity contribution in [1.82, 2.24) is 4.90 Å². The number of aliphatic hydroxyl groups is 1. The smallest absolute Gasteiger partial charge is 0.175 e. The lowest BCUT2D eigenvalue weighted by molar-refractivity contribution is 0.0427. The van der Waals surface area contributed by atoms with Gasteiger partial charge in [0, 0.05) is 18.8 Å². The number of aliphatic hydroxyl groups excluding tert-OH is 1. The molecule has 1 saturated heterocycles. The largest absolute Gasteiger partial charge is 0.392 e. The number of sulfone groups is 1. The summed E-state index contributed by atoms with van der Waals surface area (Å²) in [5.41, 5.74) is 4.77. The summed E-state index contributed by atoms with van der Waals surface area (Å²) in [5.74, 6) is 0. The van der Waals surface area contributed by atoms with Crippen molar-refractivity contribution >= 4 is 9.84 Å². The van der Waals surface area contributed by atoms with E-state index in [0.717, 1.165) is 56.3 Å². The zero-order valence-corrected chi connectivity index (χ0v) is 16.6. The fraction of sp³-hybridized carbons (Fsp3) is 0.455. The minimum atomic E-state index is -3.20. The van der Waals surface area contributed by atoms with Gasteiger partial charge in [-0.15, -0.1) is 0 Å². The topological polar surface area (TPSA) is 57.6 Å². The SMILES string of the molecule is CS(=O)(=O)c1cccc(-c2ccc3c(c2)CCC(N2CCCC(O)C2)C3)c1. The number of hydrogen-bond acceptors (Lipinski definition) is 4. The molecule has 1 N–H and O–H groups in total. The number of hydrogen-bond donors (Lipinski definition) is 1. The number of rotatable bonds is 3. The maximum atomic E-state index is 11.8. The molecule has 4 rings (SSSR count). The Hall–Kier alpha value is -1.69. The van der Waals surface area contributed by atoms with Crippen LogP contribution in [0.25, 0.3) is 11.1 Å². The van der Waals surface area contributed by atoms with E-state index in [1.165, 1.54) is 17.4 Å². The number of β-amino-alcohol motifs (C(OH)–C–C–N with tert-alkyl or cyclic N) is 1. The molecule has 0 bridgehead atoms. The number of nitrogens with zero attached hydrogens (tertiary/aromatic N) is 1. The molecule has 4 nitrogen and oxygen atoms in total. The van der Waals surface area contributed by atoms with Crippen LogP contribution < -0.4 is 0 Å². The summed E-state index contributed by atoms with van der Waals surface area (Å²) in [7, 11) is -3.20. The van der Waals surface area contributed by atoms with Crippen LogP contribution in [0, 0.1) is 0 Å². The summed E-state index contributed by atoms with van der Waals surface area (Å²) in [6, 6.07) is 14.2. The Morgan fingerprint density at radius 3 is 2.63 bits per heavy atom. The Labute approximate surface area is 161 Å². The third-order valence-electron chi connectivity index (χ3n) is 5.95. The molecule has 2 atom stereocenters. The standard InChI is InChI=1S/C22H27NO3S/c1-27(25,26)22-6-2-4-16(14-22)17-7-8-19-13-20(10-9-18(19)12-17)23-11-3-5-21(24)15-23/h2,4,6-8,12,14,20-21,24H,3,5,9-11,13,15H2,1H3. The van der Waals surface area contributed by atoms with Crippen LogP contribution in [0.5, 0.6) is 0 Å². The Bertz CT molecular complexity index is 938. The summed E-state index contributed by atoms with van der Waals surface area (Å²) in [5, 5.41) is 9.96. The molecule has 1 heterocycles.